The fraction of sp³-hybridized carbons (Fsp3) is 0.333. The second-order valence-corrected chi connectivity index (χ2v) is 4.56. The predicted octanol–water partition coefficient (Wildman–Crippen LogP) is 2.17. The normalized spacial score (nSPS) is 10.2. The first-order chi connectivity index (χ1) is 9.28. The lowest BCUT2D eigenvalue weighted by Crippen LogP contribution is -2.05. The van der Waals surface area contributed by atoms with Crippen LogP contribution in [0.25, 0.3) is 0 Å². The van der Waals surface area contributed by atoms with E-state index in [4.69, 9.17) is 4.74 Å². The van der Waals surface area contributed by atoms with Gasteiger partial charge in [-0.25, -0.2) is 15.0 Å². The molecule has 0 aliphatic rings. The van der Waals surface area contributed by atoms with Crippen molar-refractivity contribution in [3.05, 3.63) is 29.8 Å². The molecule has 7 heteroatoms. The number of nitrogens with zero attached hydrogens (tertiary/aromatic N) is 3. The van der Waals surface area contributed by atoms with Crippen molar-refractivity contribution in [3.63, 3.8) is 0 Å². The van der Waals surface area contributed by atoms with Crippen molar-refractivity contribution in [2.24, 2.45) is 0 Å². The lowest BCUT2D eigenvalue weighted by molar-refractivity contribution is -0.143. The van der Waals surface area contributed by atoms with Crippen LogP contribution in [0.1, 0.15) is 19.0 Å². The Hall–Kier alpha value is -2.02. The van der Waals surface area contributed by atoms with E-state index >= 15 is 0 Å². The molecule has 0 atom stereocenters. The van der Waals surface area contributed by atoms with Crippen LogP contribution in [0.4, 0.5) is 10.8 Å². The minimum atomic E-state index is -0.193. The molecule has 2 aromatic rings. The van der Waals surface area contributed by atoms with Gasteiger partial charge in [0, 0.05) is 11.8 Å². The van der Waals surface area contributed by atoms with Gasteiger partial charge < -0.3 is 10.1 Å². The molecular formula is C12H14N4O2S. The Morgan fingerprint density at radius 3 is 2.95 bits per heavy atom. The van der Waals surface area contributed by atoms with Gasteiger partial charge in [-0.2, -0.15) is 0 Å². The highest BCUT2D eigenvalue weighted by molar-refractivity contribution is 7.13. The maximum absolute atomic E-state index is 11.2. The van der Waals surface area contributed by atoms with Gasteiger partial charge in [0.2, 0.25) is 0 Å². The number of carbonyl (C=O) groups is 1. The first kappa shape index (κ1) is 13.4. The van der Waals surface area contributed by atoms with Gasteiger partial charge in [0.15, 0.2) is 5.13 Å². The highest BCUT2D eigenvalue weighted by Crippen LogP contribution is 2.20. The van der Waals surface area contributed by atoms with E-state index in [9.17, 15) is 4.79 Å². The summed E-state index contributed by atoms with van der Waals surface area (Å²) >= 11 is 1.48. The monoisotopic (exact) mass is 278 g/mol. The molecule has 0 aliphatic carbocycles. The quantitative estimate of drug-likeness (QED) is 0.816. The van der Waals surface area contributed by atoms with Crippen molar-refractivity contribution < 1.29 is 9.53 Å². The van der Waals surface area contributed by atoms with Gasteiger partial charge in [-0.15, -0.1) is 11.3 Å². The molecule has 0 spiro atoms. The summed E-state index contributed by atoms with van der Waals surface area (Å²) in [5.41, 5.74) is 1.66. The van der Waals surface area contributed by atoms with Gasteiger partial charge in [0.05, 0.1) is 36.8 Å². The number of aromatic nitrogens is 3. The maximum atomic E-state index is 11.2. The van der Waals surface area contributed by atoms with Crippen LogP contribution < -0.4 is 5.32 Å². The molecule has 2 heterocycles. The average molecular weight is 278 g/mol. The maximum Gasteiger partial charge on any atom is 0.306 e. The number of esters is 1. The molecule has 0 aliphatic heterocycles. The van der Waals surface area contributed by atoms with E-state index in [1.807, 2.05) is 5.38 Å². The third-order valence-corrected chi connectivity index (χ3v) is 3.06. The lowest BCUT2D eigenvalue weighted by atomic mass is 10.2. The second-order valence-electron chi connectivity index (χ2n) is 3.70. The number of ether oxygens (including phenoxy) is 1. The van der Waals surface area contributed by atoms with Crippen LogP contribution in [0.15, 0.2) is 24.1 Å². The summed E-state index contributed by atoms with van der Waals surface area (Å²) in [5, 5.41) is 5.78. The highest BCUT2D eigenvalue weighted by atomic mass is 32.1. The minimum absolute atomic E-state index is 0.193. The Morgan fingerprint density at radius 2 is 2.21 bits per heavy atom. The van der Waals surface area contributed by atoms with Gasteiger partial charge in [-0.3, -0.25) is 4.79 Å². The molecule has 0 amide bonds. The summed E-state index contributed by atoms with van der Waals surface area (Å²) in [5.74, 6) is -0.193. The molecule has 0 saturated carbocycles. The largest absolute Gasteiger partial charge is 0.466 e. The van der Waals surface area contributed by atoms with Crippen LogP contribution in [0, 0.1) is 0 Å². The fourth-order valence-corrected chi connectivity index (χ4v) is 2.19. The summed E-state index contributed by atoms with van der Waals surface area (Å²) in [6.07, 6.45) is 5.75. The third kappa shape index (κ3) is 4.29. The van der Waals surface area contributed by atoms with Gasteiger partial charge in [-0.1, -0.05) is 0 Å². The summed E-state index contributed by atoms with van der Waals surface area (Å²) in [7, 11) is 0. The Balaban J connectivity index is 1.87. The first-order valence-electron chi connectivity index (χ1n) is 5.90. The molecule has 100 valence electrons. The molecule has 0 bridgehead atoms. The lowest BCUT2D eigenvalue weighted by Gasteiger charge is -2.00. The zero-order valence-electron chi connectivity index (χ0n) is 10.5. The molecule has 19 heavy (non-hydrogen) atoms. The van der Waals surface area contributed by atoms with E-state index in [1.54, 1.807) is 19.3 Å². The second kappa shape index (κ2) is 6.79. The predicted molar refractivity (Wildman–Crippen MR) is 72.4 cm³/mol. The molecule has 0 unspecified atom stereocenters. The van der Waals surface area contributed by atoms with Gasteiger partial charge in [0.1, 0.15) is 6.33 Å². The van der Waals surface area contributed by atoms with Crippen LogP contribution in [0.3, 0.4) is 0 Å². The van der Waals surface area contributed by atoms with E-state index in [1.165, 1.54) is 17.7 Å². The Labute approximate surface area is 114 Å². The van der Waals surface area contributed by atoms with E-state index in [-0.39, 0.29) is 5.97 Å². The smallest absolute Gasteiger partial charge is 0.306 e. The van der Waals surface area contributed by atoms with Gasteiger partial charge >= 0.3 is 5.97 Å². The molecule has 0 fully saturated rings. The van der Waals surface area contributed by atoms with Crippen LogP contribution in [0.2, 0.25) is 0 Å². The van der Waals surface area contributed by atoms with Crippen molar-refractivity contribution in [2.45, 2.75) is 19.8 Å². The van der Waals surface area contributed by atoms with Crippen molar-refractivity contribution in [3.8, 4) is 0 Å². The van der Waals surface area contributed by atoms with Crippen LogP contribution in [0.5, 0.6) is 0 Å². The average Bonchev–Trinajstić information content (AvgIpc) is 2.86. The number of hydrogen-bond acceptors (Lipinski definition) is 7. The summed E-state index contributed by atoms with van der Waals surface area (Å²) in [6.45, 7) is 2.21. The number of nitrogens with one attached hydrogen (secondary N) is 1. The van der Waals surface area contributed by atoms with E-state index in [0.29, 0.717) is 19.4 Å². The number of aryl methyl sites for hydroxylation is 1. The first-order valence-corrected chi connectivity index (χ1v) is 6.78. The number of anilines is 2. The Kier molecular flexibility index (Phi) is 4.79. The van der Waals surface area contributed by atoms with E-state index in [2.05, 4.69) is 20.3 Å². The van der Waals surface area contributed by atoms with Crippen molar-refractivity contribution in [1.82, 2.24) is 15.0 Å². The van der Waals surface area contributed by atoms with Gasteiger partial charge in [-0.05, 0) is 6.92 Å². The zero-order valence-corrected chi connectivity index (χ0v) is 11.3. The Morgan fingerprint density at radius 1 is 1.42 bits per heavy atom. The number of hydrogen-bond donors (Lipinski definition) is 1. The topological polar surface area (TPSA) is 77.0 Å². The number of rotatable bonds is 6. The van der Waals surface area contributed by atoms with Crippen LogP contribution >= 0.6 is 11.3 Å². The SMILES string of the molecule is CCOC(=O)CCc1csc(Nc2cncnc2)n1. The summed E-state index contributed by atoms with van der Waals surface area (Å²) in [6, 6.07) is 0. The molecule has 1 N–H and O–H groups in total. The fourth-order valence-electron chi connectivity index (χ4n) is 1.43. The zero-order chi connectivity index (χ0) is 13.5. The molecule has 2 aromatic heterocycles. The molecule has 0 aromatic carbocycles. The Bertz CT molecular complexity index is 530. The molecule has 0 radical (unpaired) electrons. The van der Waals surface area contributed by atoms with Crippen molar-refractivity contribution in [2.75, 3.05) is 11.9 Å². The highest BCUT2D eigenvalue weighted by Gasteiger charge is 2.06. The minimum Gasteiger partial charge on any atom is -0.466 e. The third-order valence-electron chi connectivity index (χ3n) is 2.25. The van der Waals surface area contributed by atoms with Crippen LogP contribution in [-0.4, -0.2) is 27.5 Å². The van der Waals surface area contributed by atoms with Crippen molar-refractivity contribution >= 4 is 28.1 Å². The standard InChI is InChI=1S/C12H14N4O2S/c1-2-18-11(17)4-3-9-7-19-12(15-9)16-10-5-13-8-14-6-10/h5-8H,2-4H2,1H3,(H,15,16). The van der Waals surface area contributed by atoms with E-state index < -0.39 is 0 Å². The van der Waals surface area contributed by atoms with Gasteiger partial charge in [0.25, 0.3) is 0 Å². The molecular weight excluding hydrogens is 264 g/mol. The van der Waals surface area contributed by atoms with Crippen LogP contribution in [-0.2, 0) is 16.0 Å². The van der Waals surface area contributed by atoms with E-state index in [0.717, 1.165) is 16.5 Å². The summed E-state index contributed by atoms with van der Waals surface area (Å²) in [4.78, 5) is 23.4. The molecule has 2 rings (SSSR count). The van der Waals surface area contributed by atoms with Crippen molar-refractivity contribution in [1.29, 1.82) is 0 Å². The summed E-state index contributed by atoms with van der Waals surface area (Å²) < 4.78 is 4.87. The number of thiazole rings is 1. The molecule has 0 saturated heterocycles. The number of carbonyl (C=O) groups excluding carboxylic acids is 1. The molecule has 6 nitrogen and oxygen atoms in total.